The molecule has 1 saturated heterocycles. The summed E-state index contributed by atoms with van der Waals surface area (Å²) >= 11 is 1.33. The minimum atomic E-state index is -1.17. The molecule has 2 unspecified atom stereocenters. The molecule has 0 saturated carbocycles. The van der Waals surface area contributed by atoms with Gasteiger partial charge in [0.1, 0.15) is 11.6 Å². The highest BCUT2D eigenvalue weighted by molar-refractivity contribution is 8.03. The molecule has 2 aliphatic rings. The zero-order chi connectivity index (χ0) is 25.9. The van der Waals surface area contributed by atoms with Crippen LogP contribution >= 0.6 is 11.8 Å². The Morgan fingerprint density at radius 3 is 2.51 bits per heavy atom. The summed E-state index contributed by atoms with van der Waals surface area (Å²) in [7, 11) is 1.21. The van der Waals surface area contributed by atoms with Gasteiger partial charge in [0.2, 0.25) is 5.91 Å². The number of aromatic carboxylic acids is 1. The predicted molar refractivity (Wildman–Crippen MR) is 128 cm³/mol. The van der Waals surface area contributed by atoms with E-state index in [0.717, 1.165) is 0 Å². The van der Waals surface area contributed by atoms with E-state index in [1.807, 2.05) is 0 Å². The number of carboxylic acids is 2. The van der Waals surface area contributed by atoms with Crippen LogP contribution in [0.25, 0.3) is 0 Å². The van der Waals surface area contributed by atoms with Crippen LogP contribution in [0.15, 0.2) is 34.9 Å². The maximum Gasteiger partial charge on any atom is 0.352 e. The van der Waals surface area contributed by atoms with Crippen LogP contribution in [0.1, 0.15) is 30.6 Å². The fourth-order valence-electron chi connectivity index (χ4n) is 4.40. The van der Waals surface area contributed by atoms with Crippen molar-refractivity contribution in [3.8, 4) is 0 Å². The molecule has 6 N–H and O–H groups in total. The number of aliphatic carboxylic acids is 1. The van der Waals surface area contributed by atoms with Crippen molar-refractivity contribution in [2.24, 2.45) is 11.8 Å². The summed E-state index contributed by atoms with van der Waals surface area (Å²) in [6, 6.07) is 4.73. The van der Waals surface area contributed by atoms with Crippen LogP contribution in [0.2, 0.25) is 0 Å². The first-order valence-corrected chi connectivity index (χ1v) is 12.0. The molecule has 1 fully saturated rings. The van der Waals surface area contributed by atoms with E-state index in [4.69, 9.17) is 9.84 Å². The number of aliphatic hydroxyl groups is 1. The molecule has 0 bridgehead atoms. The molecule has 11 nitrogen and oxygen atoms in total. The Labute approximate surface area is 206 Å². The number of nitrogens with one attached hydrogen (secondary N) is 3. The van der Waals surface area contributed by atoms with E-state index in [9.17, 15) is 29.4 Å². The molecule has 0 spiro atoms. The predicted octanol–water partition coefficient (Wildman–Crippen LogP) is 0.861. The minimum absolute atomic E-state index is 0.0274. The second-order valence-electron chi connectivity index (χ2n) is 8.60. The smallest absolute Gasteiger partial charge is 0.352 e. The number of carbonyl (C=O) groups is 4. The standard InChI is InChI=1S/C23H29N3O8S/c1-10-17(16(11(2)27)23(33)34-3)26-18(22(31)32)19(10)35-14-8-15(24-9-14)20(28)25-13-6-4-5-12(7-13)21(29)30/h4-7,10-11,14-17,24,26-27H,8-9H2,1-3H3,(H,25,28)(H,29,30)(H,31,32)/t10-,11-,14+,15+,16?,17?/m1/s1. The lowest BCUT2D eigenvalue weighted by atomic mass is 9.87. The average molecular weight is 508 g/mol. The van der Waals surface area contributed by atoms with E-state index in [0.29, 0.717) is 23.6 Å². The number of hydrogen-bond donors (Lipinski definition) is 6. The summed E-state index contributed by atoms with van der Waals surface area (Å²) in [6.07, 6.45) is -0.637. The van der Waals surface area contributed by atoms with E-state index < -0.39 is 47.9 Å². The number of carboxylic acid groups (broad SMARTS) is 2. The molecular formula is C23H29N3O8S. The quantitative estimate of drug-likeness (QED) is 0.262. The number of aliphatic hydroxyl groups excluding tert-OH is 1. The number of carbonyl (C=O) groups excluding carboxylic acids is 2. The van der Waals surface area contributed by atoms with Crippen molar-refractivity contribution in [2.45, 2.75) is 43.7 Å². The largest absolute Gasteiger partial charge is 0.478 e. The number of amides is 1. The lowest BCUT2D eigenvalue weighted by molar-refractivity contribution is -0.151. The molecule has 12 heteroatoms. The first kappa shape index (κ1) is 26.5. The summed E-state index contributed by atoms with van der Waals surface area (Å²) in [4.78, 5) is 48.6. The highest BCUT2D eigenvalue weighted by Crippen LogP contribution is 2.42. The lowest BCUT2D eigenvalue weighted by Gasteiger charge is -2.28. The van der Waals surface area contributed by atoms with Crippen molar-refractivity contribution in [2.75, 3.05) is 19.0 Å². The van der Waals surface area contributed by atoms with Crippen molar-refractivity contribution < 1.29 is 39.2 Å². The number of ether oxygens (including phenoxy) is 1. The van der Waals surface area contributed by atoms with Gasteiger partial charge in [-0.1, -0.05) is 13.0 Å². The van der Waals surface area contributed by atoms with E-state index >= 15 is 0 Å². The Hall–Kier alpha value is -3.09. The number of anilines is 1. The van der Waals surface area contributed by atoms with Crippen molar-refractivity contribution >= 4 is 41.3 Å². The monoisotopic (exact) mass is 507 g/mol. The van der Waals surface area contributed by atoms with Crippen LogP contribution in [0.3, 0.4) is 0 Å². The number of rotatable bonds is 9. The molecule has 35 heavy (non-hydrogen) atoms. The van der Waals surface area contributed by atoms with Gasteiger partial charge in [0.25, 0.3) is 0 Å². The zero-order valence-electron chi connectivity index (χ0n) is 19.5. The third kappa shape index (κ3) is 5.95. The molecule has 6 atom stereocenters. The summed E-state index contributed by atoms with van der Waals surface area (Å²) in [6.45, 7) is 3.69. The van der Waals surface area contributed by atoms with Gasteiger partial charge in [0, 0.05) is 34.3 Å². The van der Waals surface area contributed by atoms with Gasteiger partial charge in [0.15, 0.2) is 0 Å². The maximum absolute atomic E-state index is 12.7. The van der Waals surface area contributed by atoms with Gasteiger partial charge in [-0.25, -0.2) is 9.59 Å². The van der Waals surface area contributed by atoms with Crippen LogP contribution in [0.4, 0.5) is 5.69 Å². The van der Waals surface area contributed by atoms with Crippen LogP contribution in [0, 0.1) is 11.8 Å². The maximum atomic E-state index is 12.7. The highest BCUT2D eigenvalue weighted by atomic mass is 32.2. The van der Waals surface area contributed by atoms with Gasteiger partial charge in [-0.2, -0.15) is 0 Å². The molecule has 1 aromatic rings. The van der Waals surface area contributed by atoms with Crippen molar-refractivity contribution in [1.82, 2.24) is 10.6 Å². The molecule has 1 amide bonds. The third-order valence-corrected chi connectivity index (χ3v) is 7.70. The summed E-state index contributed by atoms with van der Waals surface area (Å²) in [5, 5.41) is 37.6. The topological polar surface area (TPSA) is 174 Å². The summed E-state index contributed by atoms with van der Waals surface area (Å²) in [5.74, 6) is -4.57. The highest BCUT2D eigenvalue weighted by Gasteiger charge is 2.45. The van der Waals surface area contributed by atoms with Gasteiger partial charge >= 0.3 is 17.9 Å². The number of hydrogen-bond acceptors (Lipinski definition) is 9. The van der Waals surface area contributed by atoms with Gasteiger partial charge in [0.05, 0.1) is 24.8 Å². The van der Waals surface area contributed by atoms with E-state index in [1.54, 1.807) is 19.1 Å². The van der Waals surface area contributed by atoms with Crippen molar-refractivity contribution in [3.63, 3.8) is 0 Å². The fourth-order valence-corrected chi connectivity index (χ4v) is 5.85. The SMILES string of the molecule is COC(=O)C(C1NC(C(=O)O)=C(S[C@@H]2CN[C@H](C(=O)Nc3cccc(C(=O)O)c3)C2)[C@@H]1C)[C@@H](C)O. The lowest BCUT2D eigenvalue weighted by Crippen LogP contribution is -2.46. The Morgan fingerprint density at radius 2 is 1.91 bits per heavy atom. The van der Waals surface area contributed by atoms with E-state index in [2.05, 4.69) is 16.0 Å². The fraction of sp³-hybridized carbons (Fsp3) is 0.478. The second kappa shape index (κ2) is 11.1. The molecular weight excluding hydrogens is 478 g/mol. The Morgan fingerprint density at radius 1 is 1.20 bits per heavy atom. The van der Waals surface area contributed by atoms with Crippen LogP contribution in [-0.2, 0) is 19.1 Å². The number of thioether (sulfide) groups is 1. The van der Waals surface area contributed by atoms with Gasteiger partial charge in [-0.3, -0.25) is 9.59 Å². The Kier molecular flexibility index (Phi) is 8.41. The molecule has 0 aliphatic carbocycles. The van der Waals surface area contributed by atoms with E-state index in [1.165, 1.54) is 37.9 Å². The van der Waals surface area contributed by atoms with Crippen molar-refractivity contribution in [3.05, 3.63) is 40.4 Å². The van der Waals surface area contributed by atoms with E-state index in [-0.39, 0.29) is 22.4 Å². The molecule has 0 radical (unpaired) electrons. The zero-order valence-corrected chi connectivity index (χ0v) is 20.3. The molecule has 1 aromatic carbocycles. The summed E-state index contributed by atoms with van der Waals surface area (Å²) in [5.41, 5.74) is 0.399. The molecule has 2 heterocycles. The summed E-state index contributed by atoms with van der Waals surface area (Å²) < 4.78 is 4.81. The van der Waals surface area contributed by atoms with Crippen LogP contribution in [0.5, 0.6) is 0 Å². The third-order valence-electron chi connectivity index (χ3n) is 6.18. The average Bonchev–Trinajstić information content (AvgIpc) is 3.40. The number of benzene rings is 1. The molecule has 0 aromatic heterocycles. The first-order valence-electron chi connectivity index (χ1n) is 11.1. The van der Waals surface area contributed by atoms with Crippen LogP contribution in [-0.4, -0.2) is 76.2 Å². The number of esters is 1. The minimum Gasteiger partial charge on any atom is -0.478 e. The molecule has 190 valence electrons. The Bertz CT molecular complexity index is 1040. The normalized spacial score (nSPS) is 25.5. The van der Waals surface area contributed by atoms with Crippen molar-refractivity contribution in [1.29, 1.82) is 0 Å². The first-order chi connectivity index (χ1) is 16.5. The number of methoxy groups -OCH3 is 1. The Balaban J connectivity index is 1.68. The molecule has 3 rings (SSSR count). The second-order valence-corrected chi connectivity index (χ2v) is 9.95. The van der Waals surface area contributed by atoms with Crippen LogP contribution < -0.4 is 16.0 Å². The van der Waals surface area contributed by atoms with Gasteiger partial charge in [-0.15, -0.1) is 11.8 Å². The van der Waals surface area contributed by atoms with Gasteiger partial charge < -0.3 is 36.0 Å². The van der Waals surface area contributed by atoms with Gasteiger partial charge in [-0.05, 0) is 31.5 Å². The molecule has 2 aliphatic heterocycles.